The van der Waals surface area contributed by atoms with Crippen LogP contribution in [0.2, 0.25) is 0 Å². The van der Waals surface area contributed by atoms with Gasteiger partial charge in [0.2, 0.25) is 0 Å². The van der Waals surface area contributed by atoms with Gasteiger partial charge in [0.25, 0.3) is 0 Å². The molecule has 0 heterocycles. The lowest BCUT2D eigenvalue weighted by atomic mass is 9.45. The van der Waals surface area contributed by atoms with Crippen molar-refractivity contribution < 1.29 is 30.0 Å². The standard InChI is InChI=1S/C21H28O6/c1-19-5-3-11(23)7-14(19)15(24)8-12-13-4-6-21(27,17(26)10-22)20(13,2)9-16(25)18(12)19/h3,5,7,12-13,15-16,18,22,24-25,27H,4,6,8-10H2,1-2H3/t12-,13-,15+,16+,18+,19-,20-,21-/m0/s1. The highest BCUT2D eigenvalue weighted by atomic mass is 16.3. The second-order valence-electron chi connectivity index (χ2n) is 9.33. The smallest absolute Gasteiger partial charge is 0.190 e. The van der Waals surface area contributed by atoms with Crippen LogP contribution in [0, 0.1) is 28.6 Å². The molecular formula is C21H28O6. The maximum Gasteiger partial charge on any atom is 0.190 e. The van der Waals surface area contributed by atoms with Crippen LogP contribution in [0.3, 0.4) is 0 Å². The fraction of sp³-hybridized carbons (Fsp3) is 0.714. The molecule has 0 saturated heterocycles. The molecule has 0 aromatic rings. The van der Waals surface area contributed by atoms with Crippen molar-refractivity contribution in [2.24, 2.45) is 28.6 Å². The number of aliphatic hydroxyl groups excluding tert-OH is 3. The van der Waals surface area contributed by atoms with E-state index in [9.17, 15) is 30.0 Å². The van der Waals surface area contributed by atoms with Crippen molar-refractivity contribution in [3.8, 4) is 0 Å². The Kier molecular flexibility index (Phi) is 4.10. The van der Waals surface area contributed by atoms with Gasteiger partial charge in [-0.3, -0.25) is 9.59 Å². The minimum Gasteiger partial charge on any atom is -0.393 e. The van der Waals surface area contributed by atoms with Gasteiger partial charge in [-0.05, 0) is 55.2 Å². The average molecular weight is 376 g/mol. The van der Waals surface area contributed by atoms with Crippen molar-refractivity contribution in [2.75, 3.05) is 6.61 Å². The molecule has 0 amide bonds. The van der Waals surface area contributed by atoms with Crippen molar-refractivity contribution in [1.29, 1.82) is 0 Å². The predicted octanol–water partition coefficient (Wildman–Crippen LogP) is 0.528. The summed E-state index contributed by atoms with van der Waals surface area (Å²) in [4.78, 5) is 24.2. The van der Waals surface area contributed by atoms with Crippen LogP contribution in [-0.4, -0.2) is 56.4 Å². The largest absolute Gasteiger partial charge is 0.393 e. The van der Waals surface area contributed by atoms with Crippen LogP contribution in [0.5, 0.6) is 0 Å². The number of ketones is 2. The molecule has 0 aliphatic heterocycles. The van der Waals surface area contributed by atoms with E-state index in [-0.39, 0.29) is 36.4 Å². The van der Waals surface area contributed by atoms with Crippen molar-refractivity contribution in [1.82, 2.24) is 0 Å². The number of hydrogen-bond donors (Lipinski definition) is 4. The van der Waals surface area contributed by atoms with Gasteiger partial charge in [0.15, 0.2) is 11.6 Å². The SMILES string of the molecule is C[C@]12C=CC(=O)C=C1[C@H](O)C[C@@H]1[C@@H]2[C@H](O)C[C@@]2(C)[C@H]1CC[C@]2(O)C(=O)CO. The highest BCUT2D eigenvalue weighted by molar-refractivity contribution is 6.01. The molecule has 6 nitrogen and oxygen atoms in total. The van der Waals surface area contributed by atoms with Gasteiger partial charge in [-0.1, -0.05) is 19.9 Å². The fourth-order valence-corrected chi connectivity index (χ4v) is 6.97. The predicted molar refractivity (Wildman–Crippen MR) is 96.4 cm³/mol. The van der Waals surface area contributed by atoms with Crippen LogP contribution in [0.4, 0.5) is 0 Å². The Morgan fingerprint density at radius 2 is 2.00 bits per heavy atom. The Morgan fingerprint density at radius 1 is 1.30 bits per heavy atom. The molecule has 4 aliphatic carbocycles. The van der Waals surface area contributed by atoms with Gasteiger partial charge in [0, 0.05) is 16.7 Å². The van der Waals surface area contributed by atoms with E-state index in [2.05, 4.69) is 0 Å². The van der Waals surface area contributed by atoms with E-state index in [0.29, 0.717) is 18.4 Å². The Balaban J connectivity index is 1.78. The van der Waals surface area contributed by atoms with Crippen molar-refractivity contribution in [3.05, 3.63) is 23.8 Å². The molecule has 3 saturated carbocycles. The molecule has 148 valence electrons. The van der Waals surface area contributed by atoms with Gasteiger partial charge < -0.3 is 20.4 Å². The Bertz CT molecular complexity index is 756. The first-order valence-electron chi connectivity index (χ1n) is 9.76. The third kappa shape index (κ3) is 2.27. The lowest BCUT2D eigenvalue weighted by molar-refractivity contribution is -0.182. The third-order valence-electron chi connectivity index (χ3n) is 8.27. The summed E-state index contributed by atoms with van der Waals surface area (Å²) in [6, 6.07) is 0. The first-order valence-corrected chi connectivity index (χ1v) is 9.76. The lowest BCUT2D eigenvalue weighted by Gasteiger charge is -2.60. The molecule has 0 unspecified atom stereocenters. The van der Waals surface area contributed by atoms with Gasteiger partial charge in [-0.15, -0.1) is 0 Å². The molecule has 0 radical (unpaired) electrons. The van der Waals surface area contributed by atoms with E-state index in [1.807, 2.05) is 13.8 Å². The molecule has 4 rings (SSSR count). The van der Waals surface area contributed by atoms with E-state index in [4.69, 9.17) is 0 Å². The molecule has 8 atom stereocenters. The van der Waals surface area contributed by atoms with Gasteiger partial charge in [0.1, 0.15) is 12.2 Å². The number of fused-ring (bicyclic) bond motifs is 5. The normalized spacial score (nSPS) is 51.3. The topological polar surface area (TPSA) is 115 Å². The maximum absolute atomic E-state index is 12.4. The summed E-state index contributed by atoms with van der Waals surface area (Å²) in [5, 5.41) is 42.5. The first kappa shape index (κ1) is 19.0. The number of carbonyl (C=O) groups is 2. The van der Waals surface area contributed by atoms with E-state index >= 15 is 0 Å². The summed E-state index contributed by atoms with van der Waals surface area (Å²) in [6.45, 7) is 3.06. The van der Waals surface area contributed by atoms with Crippen LogP contribution >= 0.6 is 0 Å². The number of aliphatic hydroxyl groups is 4. The van der Waals surface area contributed by atoms with Crippen LogP contribution in [0.15, 0.2) is 23.8 Å². The quantitative estimate of drug-likeness (QED) is 0.559. The summed E-state index contributed by atoms with van der Waals surface area (Å²) in [7, 11) is 0. The number of carbonyl (C=O) groups excluding carboxylic acids is 2. The van der Waals surface area contributed by atoms with Gasteiger partial charge in [-0.25, -0.2) is 0 Å². The second kappa shape index (κ2) is 5.83. The number of hydrogen-bond acceptors (Lipinski definition) is 6. The molecule has 6 heteroatoms. The molecule has 0 spiro atoms. The Hall–Kier alpha value is -1.34. The van der Waals surface area contributed by atoms with Crippen LogP contribution in [-0.2, 0) is 9.59 Å². The van der Waals surface area contributed by atoms with Crippen molar-refractivity contribution in [2.45, 2.75) is 57.3 Å². The van der Waals surface area contributed by atoms with Gasteiger partial charge in [0.05, 0.1) is 12.2 Å². The average Bonchev–Trinajstić information content (AvgIpc) is 2.87. The zero-order valence-corrected chi connectivity index (χ0v) is 15.8. The third-order valence-corrected chi connectivity index (χ3v) is 8.27. The zero-order chi connectivity index (χ0) is 19.8. The molecule has 4 N–H and O–H groups in total. The molecule has 27 heavy (non-hydrogen) atoms. The Labute approximate surface area is 158 Å². The maximum atomic E-state index is 12.4. The molecule has 0 aromatic carbocycles. The molecular weight excluding hydrogens is 348 g/mol. The van der Waals surface area contributed by atoms with E-state index in [1.165, 1.54) is 12.2 Å². The molecule has 4 aliphatic rings. The lowest BCUT2D eigenvalue weighted by Crippen LogP contribution is -2.63. The highest BCUT2D eigenvalue weighted by Crippen LogP contribution is 2.67. The summed E-state index contributed by atoms with van der Waals surface area (Å²) < 4.78 is 0. The molecule has 0 aromatic heterocycles. The molecule has 3 fully saturated rings. The summed E-state index contributed by atoms with van der Waals surface area (Å²) >= 11 is 0. The Morgan fingerprint density at radius 3 is 2.67 bits per heavy atom. The van der Waals surface area contributed by atoms with Crippen LogP contribution < -0.4 is 0 Å². The van der Waals surface area contributed by atoms with E-state index in [1.54, 1.807) is 6.08 Å². The van der Waals surface area contributed by atoms with Crippen molar-refractivity contribution in [3.63, 3.8) is 0 Å². The van der Waals surface area contributed by atoms with Crippen LogP contribution in [0.1, 0.15) is 39.5 Å². The van der Waals surface area contributed by atoms with E-state index < -0.39 is 41.0 Å². The number of allylic oxidation sites excluding steroid dienone is 3. The van der Waals surface area contributed by atoms with Gasteiger partial charge >= 0.3 is 0 Å². The van der Waals surface area contributed by atoms with Crippen molar-refractivity contribution >= 4 is 11.6 Å². The number of Topliss-reactive ketones (excluding diaryl/α,β-unsaturated/α-hetero) is 1. The minimum atomic E-state index is -1.65. The van der Waals surface area contributed by atoms with E-state index in [0.717, 1.165) is 0 Å². The van der Waals surface area contributed by atoms with Gasteiger partial charge in [-0.2, -0.15) is 0 Å². The zero-order valence-electron chi connectivity index (χ0n) is 15.8. The summed E-state index contributed by atoms with van der Waals surface area (Å²) in [6.07, 6.45) is 4.73. The first-order chi connectivity index (χ1) is 12.6. The number of rotatable bonds is 2. The molecule has 0 bridgehead atoms. The summed E-state index contributed by atoms with van der Waals surface area (Å²) in [5.41, 5.74) is -2.48. The fourth-order valence-electron chi connectivity index (χ4n) is 6.97. The monoisotopic (exact) mass is 376 g/mol. The second-order valence-corrected chi connectivity index (χ2v) is 9.33. The summed E-state index contributed by atoms with van der Waals surface area (Å²) in [5.74, 6) is -1.08. The minimum absolute atomic E-state index is 0.0505. The highest BCUT2D eigenvalue weighted by Gasteiger charge is 2.68. The van der Waals surface area contributed by atoms with Crippen LogP contribution in [0.25, 0.3) is 0 Å².